The van der Waals surface area contributed by atoms with Crippen LogP contribution in [0.25, 0.3) is 0 Å². The third-order valence-electron chi connectivity index (χ3n) is 2.53. The third-order valence-corrected chi connectivity index (χ3v) is 2.97. The van der Waals surface area contributed by atoms with E-state index in [0.717, 1.165) is 0 Å². The van der Waals surface area contributed by atoms with Gasteiger partial charge in [-0.05, 0) is 23.8 Å². The van der Waals surface area contributed by atoms with Gasteiger partial charge in [0, 0.05) is 16.6 Å². The predicted octanol–water partition coefficient (Wildman–Crippen LogP) is 1.43. The maximum atomic E-state index is 11.6. The molecule has 0 aliphatic carbocycles. The number of halogens is 2. The third kappa shape index (κ3) is 4.19. The van der Waals surface area contributed by atoms with E-state index in [1.807, 2.05) is 0 Å². The lowest BCUT2D eigenvalue weighted by Gasteiger charge is -2.13. The summed E-state index contributed by atoms with van der Waals surface area (Å²) in [5.41, 5.74) is 0.545. The van der Waals surface area contributed by atoms with Crippen molar-refractivity contribution in [2.75, 3.05) is 6.54 Å². The van der Waals surface area contributed by atoms with Crippen molar-refractivity contribution >= 4 is 29.1 Å². The first-order chi connectivity index (χ1) is 9.54. The number of nitrogens with one attached hydrogen (secondary N) is 1. The van der Waals surface area contributed by atoms with Crippen LogP contribution >= 0.6 is 23.2 Å². The second-order valence-corrected chi connectivity index (χ2v) is 4.99. The molecule has 20 heavy (non-hydrogen) atoms. The van der Waals surface area contributed by atoms with Gasteiger partial charge in [-0.2, -0.15) is 5.10 Å². The number of carbonyl (C=O) groups is 1. The van der Waals surface area contributed by atoms with Gasteiger partial charge in [0.05, 0.1) is 6.10 Å². The summed E-state index contributed by atoms with van der Waals surface area (Å²) in [6.45, 7) is 0.104. The lowest BCUT2D eigenvalue weighted by atomic mass is 10.1. The first-order valence-electron chi connectivity index (χ1n) is 5.78. The van der Waals surface area contributed by atoms with Gasteiger partial charge in [0.1, 0.15) is 19.2 Å². The molecule has 1 aromatic heterocycles. The highest BCUT2D eigenvalue weighted by Crippen LogP contribution is 2.23. The van der Waals surface area contributed by atoms with E-state index in [1.54, 1.807) is 18.2 Å². The van der Waals surface area contributed by atoms with E-state index in [9.17, 15) is 9.90 Å². The molecule has 6 nitrogen and oxygen atoms in total. The minimum atomic E-state index is -0.883. The second-order valence-electron chi connectivity index (χ2n) is 4.12. The molecule has 2 rings (SSSR count). The number of hydrogen-bond donors (Lipinski definition) is 2. The topological polar surface area (TPSA) is 80.0 Å². The molecule has 0 spiro atoms. The van der Waals surface area contributed by atoms with Crippen LogP contribution < -0.4 is 5.32 Å². The fourth-order valence-electron chi connectivity index (χ4n) is 1.61. The molecule has 1 amide bonds. The maximum absolute atomic E-state index is 11.6. The molecule has 0 aliphatic heterocycles. The van der Waals surface area contributed by atoms with Crippen molar-refractivity contribution in [3.05, 3.63) is 46.5 Å². The van der Waals surface area contributed by atoms with Gasteiger partial charge in [0.25, 0.3) is 0 Å². The molecule has 1 aromatic carbocycles. The van der Waals surface area contributed by atoms with Crippen molar-refractivity contribution in [1.29, 1.82) is 0 Å². The summed E-state index contributed by atoms with van der Waals surface area (Å²) in [7, 11) is 0. The summed E-state index contributed by atoms with van der Waals surface area (Å²) in [4.78, 5) is 15.3. The molecular weight excluding hydrogens is 303 g/mol. The van der Waals surface area contributed by atoms with Crippen LogP contribution in [0.15, 0.2) is 30.9 Å². The smallest absolute Gasteiger partial charge is 0.241 e. The van der Waals surface area contributed by atoms with Crippen LogP contribution in [-0.2, 0) is 11.3 Å². The molecule has 8 heteroatoms. The number of carbonyl (C=O) groups excluding carboxylic acids is 1. The monoisotopic (exact) mass is 314 g/mol. The fourth-order valence-corrected chi connectivity index (χ4v) is 2.16. The maximum Gasteiger partial charge on any atom is 0.241 e. The zero-order chi connectivity index (χ0) is 14.5. The average Bonchev–Trinajstić information content (AvgIpc) is 2.87. The standard InChI is InChI=1S/C12H12Cl2N4O2/c13-9-1-8(2-10(14)3-9)11(19)4-16-12(20)5-18-7-15-6-17-18/h1-3,6-7,11,19H,4-5H2,(H,16,20). The molecule has 0 bridgehead atoms. The number of aromatic nitrogens is 3. The molecule has 2 N–H and O–H groups in total. The highest BCUT2D eigenvalue weighted by molar-refractivity contribution is 6.34. The van der Waals surface area contributed by atoms with Gasteiger partial charge in [-0.1, -0.05) is 23.2 Å². The largest absolute Gasteiger partial charge is 0.387 e. The summed E-state index contributed by atoms with van der Waals surface area (Å²) < 4.78 is 1.39. The number of hydrogen-bond acceptors (Lipinski definition) is 4. The van der Waals surface area contributed by atoms with Gasteiger partial charge >= 0.3 is 0 Å². The van der Waals surface area contributed by atoms with Gasteiger partial charge in [0.15, 0.2) is 0 Å². The zero-order valence-corrected chi connectivity index (χ0v) is 11.8. The Labute approximate surface area is 125 Å². The second kappa shape index (κ2) is 6.69. The fraction of sp³-hybridized carbons (Fsp3) is 0.250. The molecule has 2 aromatic rings. The molecule has 106 valence electrons. The highest BCUT2D eigenvalue weighted by Gasteiger charge is 2.11. The molecule has 1 heterocycles. The van der Waals surface area contributed by atoms with Gasteiger partial charge in [-0.25, -0.2) is 9.67 Å². The molecule has 1 unspecified atom stereocenters. The lowest BCUT2D eigenvalue weighted by Crippen LogP contribution is -2.31. The van der Waals surface area contributed by atoms with Crippen LogP contribution in [0.2, 0.25) is 10.0 Å². The molecule has 0 fully saturated rings. The van der Waals surface area contributed by atoms with Crippen LogP contribution in [0.3, 0.4) is 0 Å². The molecular formula is C12H12Cl2N4O2. The Morgan fingerprint density at radius 3 is 2.65 bits per heavy atom. The van der Waals surface area contributed by atoms with Crippen LogP contribution in [0.4, 0.5) is 0 Å². The van der Waals surface area contributed by atoms with Crippen molar-refractivity contribution in [2.45, 2.75) is 12.6 Å². The summed E-state index contributed by atoms with van der Waals surface area (Å²) in [6.07, 6.45) is 1.90. The van der Waals surface area contributed by atoms with Crippen molar-refractivity contribution in [3.63, 3.8) is 0 Å². The normalized spacial score (nSPS) is 12.2. The SMILES string of the molecule is O=C(Cn1cncn1)NCC(O)c1cc(Cl)cc(Cl)c1. The van der Waals surface area contributed by atoms with Gasteiger partial charge in [-0.15, -0.1) is 0 Å². The Kier molecular flexibility index (Phi) is 4.94. The van der Waals surface area contributed by atoms with Gasteiger partial charge in [0.2, 0.25) is 5.91 Å². The van der Waals surface area contributed by atoms with E-state index in [0.29, 0.717) is 15.6 Å². The number of rotatable bonds is 5. The summed E-state index contributed by atoms with van der Waals surface area (Å²) in [6, 6.07) is 4.77. The zero-order valence-electron chi connectivity index (χ0n) is 10.3. The number of nitrogens with zero attached hydrogens (tertiary/aromatic N) is 3. The van der Waals surface area contributed by atoms with Crippen molar-refractivity contribution < 1.29 is 9.90 Å². The summed E-state index contributed by atoms with van der Waals surface area (Å²) >= 11 is 11.7. The van der Waals surface area contributed by atoms with Crippen LogP contribution in [0.5, 0.6) is 0 Å². The minimum Gasteiger partial charge on any atom is -0.387 e. The van der Waals surface area contributed by atoms with Gasteiger partial charge in [-0.3, -0.25) is 4.79 Å². The average molecular weight is 315 g/mol. The predicted molar refractivity (Wildman–Crippen MR) is 74.5 cm³/mol. The van der Waals surface area contributed by atoms with Crippen LogP contribution in [0.1, 0.15) is 11.7 Å². The van der Waals surface area contributed by atoms with E-state index in [2.05, 4.69) is 15.4 Å². The lowest BCUT2D eigenvalue weighted by molar-refractivity contribution is -0.122. The Bertz CT molecular complexity index is 569. The Morgan fingerprint density at radius 2 is 2.05 bits per heavy atom. The van der Waals surface area contributed by atoms with Crippen molar-refractivity contribution in [1.82, 2.24) is 20.1 Å². The number of aliphatic hydroxyl groups excluding tert-OH is 1. The summed E-state index contributed by atoms with van der Waals surface area (Å²) in [5.74, 6) is -0.275. The molecule has 0 saturated carbocycles. The Balaban J connectivity index is 1.88. The minimum absolute atomic E-state index is 0.0447. The Morgan fingerprint density at radius 1 is 1.35 bits per heavy atom. The molecule has 0 radical (unpaired) electrons. The first-order valence-corrected chi connectivity index (χ1v) is 6.53. The van der Waals surface area contributed by atoms with E-state index >= 15 is 0 Å². The quantitative estimate of drug-likeness (QED) is 0.875. The first kappa shape index (κ1) is 14.8. The molecule has 0 aliphatic rings. The van der Waals surface area contributed by atoms with Crippen LogP contribution in [0, 0.1) is 0 Å². The number of amides is 1. The van der Waals surface area contributed by atoms with Crippen molar-refractivity contribution in [3.8, 4) is 0 Å². The highest BCUT2D eigenvalue weighted by atomic mass is 35.5. The molecule has 1 atom stereocenters. The van der Waals surface area contributed by atoms with E-state index < -0.39 is 6.10 Å². The number of benzene rings is 1. The van der Waals surface area contributed by atoms with Gasteiger partial charge < -0.3 is 10.4 Å². The van der Waals surface area contributed by atoms with Crippen molar-refractivity contribution in [2.24, 2.45) is 0 Å². The van der Waals surface area contributed by atoms with E-state index in [4.69, 9.17) is 23.2 Å². The summed E-state index contributed by atoms with van der Waals surface area (Å²) in [5, 5.41) is 17.2. The van der Waals surface area contributed by atoms with E-state index in [-0.39, 0.29) is 19.0 Å². The van der Waals surface area contributed by atoms with E-state index in [1.165, 1.54) is 17.3 Å². The molecule has 0 saturated heterocycles. The van der Waals surface area contributed by atoms with Crippen LogP contribution in [-0.4, -0.2) is 32.3 Å². The number of aliphatic hydroxyl groups is 1. The Hall–Kier alpha value is -1.63.